The van der Waals surface area contributed by atoms with Crippen LogP contribution in [-0.2, 0) is 0 Å². The molecule has 0 aromatic heterocycles. The largest absolute Gasteiger partial charge is 0.508 e. The van der Waals surface area contributed by atoms with Gasteiger partial charge in [-0.3, -0.25) is 4.90 Å². The van der Waals surface area contributed by atoms with E-state index < -0.39 is 0 Å². The Morgan fingerprint density at radius 3 is 2.67 bits per heavy atom. The van der Waals surface area contributed by atoms with Crippen molar-refractivity contribution >= 4 is 0 Å². The first-order valence-electron chi connectivity index (χ1n) is 7.97. The highest BCUT2D eigenvalue weighted by Crippen LogP contribution is 2.33. The standard InChI is InChI=1S/C17H28N2O2/c1-12(2)19(11-14-5-4-8-18-10-14)13(3)16-9-15(20)6-7-17(16)21/h6-7,9,12-14,18,20-21H,4-5,8,10-11H2,1-3H3. The molecule has 0 bridgehead atoms. The molecule has 1 aromatic rings. The molecule has 4 heteroatoms. The number of piperidine rings is 1. The molecular weight excluding hydrogens is 264 g/mol. The Morgan fingerprint density at radius 2 is 2.05 bits per heavy atom. The van der Waals surface area contributed by atoms with E-state index in [-0.39, 0.29) is 17.5 Å². The number of nitrogens with one attached hydrogen (secondary N) is 1. The van der Waals surface area contributed by atoms with E-state index in [0.29, 0.717) is 12.0 Å². The van der Waals surface area contributed by atoms with Crippen LogP contribution >= 0.6 is 0 Å². The Balaban J connectivity index is 2.14. The first kappa shape index (κ1) is 16.1. The second-order valence-corrected chi connectivity index (χ2v) is 6.42. The molecule has 3 N–H and O–H groups in total. The number of hydrogen-bond acceptors (Lipinski definition) is 4. The molecule has 4 nitrogen and oxygen atoms in total. The zero-order chi connectivity index (χ0) is 15.4. The van der Waals surface area contributed by atoms with Crippen molar-refractivity contribution < 1.29 is 10.2 Å². The summed E-state index contributed by atoms with van der Waals surface area (Å²) >= 11 is 0. The zero-order valence-electron chi connectivity index (χ0n) is 13.3. The molecule has 0 spiro atoms. The molecular formula is C17H28N2O2. The lowest BCUT2D eigenvalue weighted by Gasteiger charge is -2.37. The second-order valence-electron chi connectivity index (χ2n) is 6.42. The highest BCUT2D eigenvalue weighted by atomic mass is 16.3. The van der Waals surface area contributed by atoms with E-state index in [1.807, 2.05) is 0 Å². The Morgan fingerprint density at radius 1 is 1.29 bits per heavy atom. The maximum absolute atomic E-state index is 10.1. The number of nitrogens with zero attached hydrogens (tertiary/aromatic N) is 1. The van der Waals surface area contributed by atoms with Gasteiger partial charge < -0.3 is 15.5 Å². The average molecular weight is 292 g/mol. The van der Waals surface area contributed by atoms with Gasteiger partial charge in [-0.15, -0.1) is 0 Å². The first-order chi connectivity index (χ1) is 9.99. The number of rotatable bonds is 5. The van der Waals surface area contributed by atoms with Crippen LogP contribution in [0.5, 0.6) is 11.5 Å². The van der Waals surface area contributed by atoms with Gasteiger partial charge in [0.1, 0.15) is 11.5 Å². The third kappa shape index (κ3) is 4.11. The fourth-order valence-corrected chi connectivity index (χ4v) is 3.25. The van der Waals surface area contributed by atoms with Gasteiger partial charge in [-0.2, -0.15) is 0 Å². The minimum absolute atomic E-state index is 0.0824. The quantitative estimate of drug-likeness (QED) is 0.731. The summed E-state index contributed by atoms with van der Waals surface area (Å²) in [6, 6.07) is 5.25. The van der Waals surface area contributed by atoms with Gasteiger partial charge in [0.2, 0.25) is 0 Å². The average Bonchev–Trinajstić information content (AvgIpc) is 2.47. The maximum Gasteiger partial charge on any atom is 0.120 e. The van der Waals surface area contributed by atoms with E-state index >= 15 is 0 Å². The summed E-state index contributed by atoms with van der Waals surface area (Å²) in [5.74, 6) is 1.12. The van der Waals surface area contributed by atoms with Gasteiger partial charge in [-0.05, 0) is 70.8 Å². The van der Waals surface area contributed by atoms with E-state index in [0.717, 1.165) is 25.2 Å². The molecule has 1 fully saturated rings. The van der Waals surface area contributed by atoms with Crippen molar-refractivity contribution in [3.05, 3.63) is 23.8 Å². The molecule has 21 heavy (non-hydrogen) atoms. The summed E-state index contributed by atoms with van der Waals surface area (Å²) in [6.07, 6.45) is 2.50. The van der Waals surface area contributed by atoms with Crippen molar-refractivity contribution in [2.75, 3.05) is 19.6 Å². The van der Waals surface area contributed by atoms with Crippen molar-refractivity contribution in [2.24, 2.45) is 5.92 Å². The van der Waals surface area contributed by atoms with Crippen LogP contribution in [0.1, 0.15) is 45.2 Å². The molecule has 1 saturated heterocycles. The Labute approximate surface area is 127 Å². The summed E-state index contributed by atoms with van der Waals surface area (Å²) in [6.45, 7) is 9.69. The van der Waals surface area contributed by atoms with Crippen molar-refractivity contribution in [3.63, 3.8) is 0 Å². The predicted octanol–water partition coefficient (Wildman–Crippen LogP) is 2.87. The van der Waals surface area contributed by atoms with Gasteiger partial charge in [-0.1, -0.05) is 0 Å². The van der Waals surface area contributed by atoms with E-state index in [9.17, 15) is 10.2 Å². The molecule has 1 aliphatic heterocycles. The number of phenols is 2. The fraction of sp³-hybridized carbons (Fsp3) is 0.647. The number of hydrogen-bond donors (Lipinski definition) is 3. The minimum atomic E-state index is 0.0824. The lowest BCUT2D eigenvalue weighted by molar-refractivity contribution is 0.125. The van der Waals surface area contributed by atoms with Crippen molar-refractivity contribution in [2.45, 2.75) is 45.7 Å². The first-order valence-corrected chi connectivity index (χ1v) is 7.97. The molecule has 2 unspecified atom stereocenters. The second kappa shape index (κ2) is 7.14. The van der Waals surface area contributed by atoms with Crippen molar-refractivity contribution in [1.82, 2.24) is 10.2 Å². The van der Waals surface area contributed by atoms with Crippen LogP contribution in [0.2, 0.25) is 0 Å². The van der Waals surface area contributed by atoms with E-state index in [1.165, 1.54) is 18.9 Å². The van der Waals surface area contributed by atoms with Crippen molar-refractivity contribution in [3.8, 4) is 11.5 Å². The summed E-state index contributed by atoms with van der Waals surface area (Å²) in [7, 11) is 0. The normalized spacial score (nSPS) is 20.9. The maximum atomic E-state index is 10.1. The summed E-state index contributed by atoms with van der Waals surface area (Å²) in [4.78, 5) is 2.41. The van der Waals surface area contributed by atoms with E-state index in [4.69, 9.17) is 0 Å². The predicted molar refractivity (Wildman–Crippen MR) is 85.6 cm³/mol. The topological polar surface area (TPSA) is 55.7 Å². The lowest BCUT2D eigenvalue weighted by Crippen LogP contribution is -2.42. The van der Waals surface area contributed by atoms with Gasteiger partial charge in [0, 0.05) is 24.2 Å². The monoisotopic (exact) mass is 292 g/mol. The molecule has 0 amide bonds. The van der Waals surface area contributed by atoms with Crippen LogP contribution in [0.4, 0.5) is 0 Å². The third-order valence-corrected chi connectivity index (χ3v) is 4.49. The summed E-state index contributed by atoms with van der Waals surface area (Å²) in [5.41, 5.74) is 0.799. The molecule has 1 aliphatic rings. The van der Waals surface area contributed by atoms with E-state index in [2.05, 4.69) is 31.0 Å². The molecule has 0 aliphatic carbocycles. The highest BCUT2D eigenvalue weighted by Gasteiger charge is 2.25. The Hall–Kier alpha value is -1.26. The van der Waals surface area contributed by atoms with Gasteiger partial charge in [-0.25, -0.2) is 0 Å². The summed E-state index contributed by atoms with van der Waals surface area (Å²) < 4.78 is 0. The van der Waals surface area contributed by atoms with Crippen LogP contribution in [0.25, 0.3) is 0 Å². The van der Waals surface area contributed by atoms with E-state index in [1.54, 1.807) is 12.1 Å². The molecule has 118 valence electrons. The van der Waals surface area contributed by atoms with Gasteiger partial charge in [0.05, 0.1) is 0 Å². The smallest absolute Gasteiger partial charge is 0.120 e. The molecule has 2 rings (SSSR count). The summed E-state index contributed by atoms with van der Waals surface area (Å²) in [5, 5.41) is 23.2. The minimum Gasteiger partial charge on any atom is -0.508 e. The number of aromatic hydroxyl groups is 2. The van der Waals surface area contributed by atoms with Crippen LogP contribution in [0, 0.1) is 5.92 Å². The molecule has 1 heterocycles. The van der Waals surface area contributed by atoms with Crippen LogP contribution in [0.15, 0.2) is 18.2 Å². The lowest BCUT2D eigenvalue weighted by atomic mass is 9.96. The van der Waals surface area contributed by atoms with Crippen LogP contribution in [0.3, 0.4) is 0 Å². The van der Waals surface area contributed by atoms with Gasteiger partial charge >= 0.3 is 0 Å². The fourth-order valence-electron chi connectivity index (χ4n) is 3.25. The Bertz CT molecular complexity index is 456. The van der Waals surface area contributed by atoms with Gasteiger partial charge in [0.25, 0.3) is 0 Å². The molecule has 0 radical (unpaired) electrons. The van der Waals surface area contributed by atoms with Crippen molar-refractivity contribution in [1.29, 1.82) is 0 Å². The van der Waals surface area contributed by atoms with Crippen LogP contribution in [-0.4, -0.2) is 40.8 Å². The van der Waals surface area contributed by atoms with Gasteiger partial charge in [0.15, 0.2) is 0 Å². The SMILES string of the molecule is CC(C)N(CC1CCCNC1)C(C)c1cc(O)ccc1O. The molecule has 1 aromatic carbocycles. The number of benzene rings is 1. The highest BCUT2D eigenvalue weighted by molar-refractivity contribution is 5.40. The van der Waals surface area contributed by atoms with Crippen LogP contribution < -0.4 is 5.32 Å². The molecule has 0 saturated carbocycles. The zero-order valence-corrected chi connectivity index (χ0v) is 13.3. The Kier molecular flexibility index (Phi) is 5.48. The molecule has 2 atom stereocenters. The number of phenolic OH excluding ortho intramolecular Hbond substituents is 2. The third-order valence-electron chi connectivity index (χ3n) is 4.49.